The fraction of sp³-hybridized carbons (Fsp3) is 0.538. The number of nitrogens with two attached hydrogens (primary N) is 1. The fourth-order valence-corrected chi connectivity index (χ4v) is 1.84. The number of hydrogen-bond acceptors (Lipinski definition) is 5. The van der Waals surface area contributed by atoms with Gasteiger partial charge in [-0.05, 0) is 39.8 Å². The molecular formula is C13H22N4O2. The minimum atomic E-state index is -0.821. The molecule has 0 atom stereocenters. The van der Waals surface area contributed by atoms with Crippen LogP contribution in [0.3, 0.4) is 0 Å². The summed E-state index contributed by atoms with van der Waals surface area (Å²) in [5.74, 6) is 0.747. The normalized spacial score (nSPS) is 12.6. The van der Waals surface area contributed by atoms with Crippen molar-refractivity contribution in [2.24, 2.45) is 10.9 Å². The van der Waals surface area contributed by atoms with Crippen LogP contribution in [0.25, 0.3) is 0 Å². The number of amidine groups is 1. The molecule has 0 aliphatic heterocycles. The quantitative estimate of drug-likeness (QED) is 0.321. The lowest BCUT2D eigenvalue weighted by Gasteiger charge is -2.29. The Labute approximate surface area is 113 Å². The van der Waals surface area contributed by atoms with Crippen LogP contribution in [0.5, 0.6) is 0 Å². The summed E-state index contributed by atoms with van der Waals surface area (Å²) in [6.07, 6.45) is 0. The van der Waals surface area contributed by atoms with Crippen molar-refractivity contribution in [3.05, 3.63) is 23.4 Å². The second-order valence-electron chi connectivity index (χ2n) is 5.17. The molecule has 0 unspecified atom stereocenters. The van der Waals surface area contributed by atoms with Gasteiger partial charge in [0, 0.05) is 24.3 Å². The highest BCUT2D eigenvalue weighted by Gasteiger charge is 2.19. The van der Waals surface area contributed by atoms with Gasteiger partial charge in [0.1, 0.15) is 5.82 Å². The van der Waals surface area contributed by atoms with E-state index in [0.717, 1.165) is 5.69 Å². The van der Waals surface area contributed by atoms with Gasteiger partial charge in [-0.15, -0.1) is 0 Å². The van der Waals surface area contributed by atoms with Gasteiger partial charge in [0.2, 0.25) is 0 Å². The van der Waals surface area contributed by atoms with Crippen molar-refractivity contribution in [2.45, 2.75) is 33.3 Å². The fourth-order valence-electron chi connectivity index (χ4n) is 1.84. The van der Waals surface area contributed by atoms with Crippen molar-refractivity contribution < 1.29 is 10.3 Å². The Morgan fingerprint density at radius 3 is 2.58 bits per heavy atom. The van der Waals surface area contributed by atoms with E-state index < -0.39 is 5.60 Å². The maximum absolute atomic E-state index is 9.92. The Hall–Kier alpha value is -1.82. The highest BCUT2D eigenvalue weighted by molar-refractivity contribution is 5.97. The Kier molecular flexibility index (Phi) is 4.72. The van der Waals surface area contributed by atoms with Crippen LogP contribution >= 0.6 is 0 Å². The van der Waals surface area contributed by atoms with Gasteiger partial charge in [0.25, 0.3) is 0 Å². The lowest BCUT2D eigenvalue weighted by atomic mass is 10.1. The summed E-state index contributed by atoms with van der Waals surface area (Å²) in [5, 5.41) is 21.7. The third kappa shape index (κ3) is 4.40. The largest absolute Gasteiger partial charge is 0.409 e. The van der Waals surface area contributed by atoms with Crippen molar-refractivity contribution in [1.29, 1.82) is 0 Å². The molecule has 6 nitrogen and oxygen atoms in total. The van der Waals surface area contributed by atoms with Crippen LogP contribution in [0, 0.1) is 6.92 Å². The van der Waals surface area contributed by atoms with Gasteiger partial charge in [-0.25, -0.2) is 4.98 Å². The number of oxime groups is 1. The molecule has 0 spiro atoms. The number of hydrogen-bond donors (Lipinski definition) is 3. The van der Waals surface area contributed by atoms with E-state index in [0.29, 0.717) is 24.5 Å². The molecule has 0 radical (unpaired) electrons. The monoisotopic (exact) mass is 266 g/mol. The average Bonchev–Trinajstić information content (AvgIpc) is 2.33. The van der Waals surface area contributed by atoms with E-state index >= 15 is 0 Å². The summed E-state index contributed by atoms with van der Waals surface area (Å²) >= 11 is 0. The molecule has 0 aromatic carbocycles. The van der Waals surface area contributed by atoms with Crippen LogP contribution in [0.1, 0.15) is 32.0 Å². The first-order valence-corrected chi connectivity index (χ1v) is 6.20. The van der Waals surface area contributed by atoms with Crippen LogP contribution in [0.15, 0.2) is 17.3 Å². The molecular weight excluding hydrogens is 244 g/mol. The number of aryl methyl sites for hydroxylation is 1. The Morgan fingerprint density at radius 2 is 2.11 bits per heavy atom. The molecule has 0 saturated heterocycles. The maximum atomic E-state index is 9.92. The number of anilines is 1. The van der Waals surface area contributed by atoms with E-state index in [4.69, 9.17) is 10.9 Å². The van der Waals surface area contributed by atoms with E-state index in [1.54, 1.807) is 26.0 Å². The molecule has 0 saturated carbocycles. The van der Waals surface area contributed by atoms with Crippen molar-refractivity contribution in [3.63, 3.8) is 0 Å². The van der Waals surface area contributed by atoms with E-state index in [9.17, 15) is 5.11 Å². The summed E-state index contributed by atoms with van der Waals surface area (Å²) in [4.78, 5) is 6.37. The molecule has 0 aliphatic carbocycles. The summed E-state index contributed by atoms with van der Waals surface area (Å²) in [6, 6.07) is 3.49. The highest BCUT2D eigenvalue weighted by Crippen LogP contribution is 2.17. The molecule has 0 fully saturated rings. The first-order chi connectivity index (χ1) is 8.76. The predicted octanol–water partition coefficient (Wildman–Crippen LogP) is 1.08. The lowest BCUT2D eigenvalue weighted by Crippen LogP contribution is -2.39. The number of nitrogens with zero attached hydrogens (tertiary/aromatic N) is 3. The molecule has 0 aliphatic rings. The highest BCUT2D eigenvalue weighted by atomic mass is 16.4. The summed E-state index contributed by atoms with van der Waals surface area (Å²) in [7, 11) is 0. The first-order valence-electron chi connectivity index (χ1n) is 6.20. The minimum Gasteiger partial charge on any atom is -0.409 e. The summed E-state index contributed by atoms with van der Waals surface area (Å²) in [5.41, 5.74) is 6.17. The van der Waals surface area contributed by atoms with Crippen LogP contribution in [0.4, 0.5) is 5.82 Å². The molecule has 1 aromatic heterocycles. The van der Waals surface area contributed by atoms with Crippen molar-refractivity contribution in [2.75, 3.05) is 18.0 Å². The zero-order valence-electron chi connectivity index (χ0n) is 11.9. The van der Waals surface area contributed by atoms with Gasteiger partial charge in [-0.2, -0.15) is 0 Å². The molecule has 6 heteroatoms. The molecule has 1 heterocycles. The van der Waals surface area contributed by atoms with Gasteiger partial charge >= 0.3 is 0 Å². The van der Waals surface area contributed by atoms with E-state index in [2.05, 4.69) is 10.1 Å². The third-order valence-electron chi connectivity index (χ3n) is 2.63. The zero-order chi connectivity index (χ0) is 14.6. The van der Waals surface area contributed by atoms with E-state index in [1.807, 2.05) is 18.7 Å². The average molecular weight is 266 g/mol. The van der Waals surface area contributed by atoms with E-state index in [-0.39, 0.29) is 5.84 Å². The van der Waals surface area contributed by atoms with Gasteiger partial charge in [0.05, 0.1) is 5.60 Å². The SMILES string of the molecule is CCN(CC(C)(C)O)c1cc(/C(N)=N/O)cc(C)n1. The standard InChI is InChI=1S/C13H22N4O2/c1-5-17(8-13(3,4)18)11-7-10(12(14)16-19)6-9(2)15-11/h6-7,18-19H,5,8H2,1-4H3,(H2,14,16). The summed E-state index contributed by atoms with van der Waals surface area (Å²) < 4.78 is 0. The van der Waals surface area contributed by atoms with Crippen LogP contribution in [-0.2, 0) is 0 Å². The molecule has 4 N–H and O–H groups in total. The predicted molar refractivity (Wildman–Crippen MR) is 75.7 cm³/mol. The zero-order valence-corrected chi connectivity index (χ0v) is 11.9. The Morgan fingerprint density at radius 1 is 1.47 bits per heavy atom. The summed E-state index contributed by atoms with van der Waals surface area (Å²) in [6.45, 7) is 8.48. The second-order valence-corrected chi connectivity index (χ2v) is 5.17. The van der Waals surface area contributed by atoms with Crippen LogP contribution in [-0.4, -0.2) is 39.8 Å². The lowest BCUT2D eigenvalue weighted by molar-refractivity contribution is 0.0874. The van der Waals surface area contributed by atoms with Gasteiger partial charge < -0.3 is 20.9 Å². The number of rotatable bonds is 5. The second kappa shape index (κ2) is 5.88. The Balaban J connectivity index is 3.14. The maximum Gasteiger partial charge on any atom is 0.170 e. The number of pyridine rings is 1. The molecule has 1 rings (SSSR count). The molecule has 106 valence electrons. The number of aliphatic hydroxyl groups is 1. The molecule has 0 amide bonds. The first kappa shape index (κ1) is 15.2. The van der Waals surface area contributed by atoms with Gasteiger partial charge in [0.15, 0.2) is 5.84 Å². The molecule has 0 bridgehead atoms. The smallest absolute Gasteiger partial charge is 0.170 e. The molecule has 19 heavy (non-hydrogen) atoms. The Bertz CT molecular complexity index is 466. The number of likely N-dealkylation sites (N-methyl/N-ethyl adjacent to an activating group) is 1. The molecule has 1 aromatic rings. The van der Waals surface area contributed by atoms with E-state index in [1.165, 1.54) is 0 Å². The van der Waals surface area contributed by atoms with Crippen LogP contribution < -0.4 is 10.6 Å². The minimum absolute atomic E-state index is 0.0473. The van der Waals surface area contributed by atoms with Gasteiger partial charge in [-0.3, -0.25) is 0 Å². The third-order valence-corrected chi connectivity index (χ3v) is 2.63. The van der Waals surface area contributed by atoms with Crippen LogP contribution in [0.2, 0.25) is 0 Å². The van der Waals surface area contributed by atoms with Crippen molar-refractivity contribution >= 4 is 11.7 Å². The van der Waals surface area contributed by atoms with Crippen molar-refractivity contribution in [1.82, 2.24) is 4.98 Å². The number of aromatic nitrogens is 1. The van der Waals surface area contributed by atoms with Gasteiger partial charge in [-0.1, -0.05) is 5.16 Å². The topological polar surface area (TPSA) is 95.0 Å². The van der Waals surface area contributed by atoms with Crippen molar-refractivity contribution in [3.8, 4) is 0 Å².